The molecule has 200 valence electrons. The van der Waals surface area contributed by atoms with Gasteiger partial charge in [-0.3, -0.25) is 9.29 Å². The zero-order valence-electron chi connectivity index (χ0n) is 21.0. The van der Waals surface area contributed by atoms with Crippen LogP contribution in [0.5, 0.6) is 11.5 Å². The molecule has 0 spiro atoms. The number of nitrogens with one attached hydrogen (secondary N) is 1. The van der Waals surface area contributed by atoms with E-state index in [1.807, 2.05) is 0 Å². The lowest BCUT2D eigenvalue weighted by Crippen LogP contribution is -2.36. The van der Waals surface area contributed by atoms with Gasteiger partial charge in [0.2, 0.25) is 16.0 Å². The molecule has 2 atom stereocenters. The molecule has 0 bridgehead atoms. The van der Waals surface area contributed by atoms with Gasteiger partial charge in [-0.1, -0.05) is 17.7 Å². The Labute approximate surface area is 219 Å². The maximum Gasteiger partial charge on any atom is 0.243 e. The highest BCUT2D eigenvalue weighted by atomic mass is 35.5. The van der Waals surface area contributed by atoms with Crippen molar-refractivity contribution in [1.82, 2.24) is 24.7 Å². The SMILES string of the molecule is COc1cccc(OC)c1-n1c(NS(=O)(=O)[C@@H](C)[C@H](OC)c2ncc(Cl)cn2)nnc1[C@H]1C[C@@](C)(F)C1. The lowest BCUT2D eigenvalue weighted by Gasteiger charge is -2.38. The van der Waals surface area contributed by atoms with Crippen LogP contribution in [0.2, 0.25) is 5.02 Å². The number of para-hydroxylation sites is 1. The van der Waals surface area contributed by atoms with E-state index in [2.05, 4.69) is 24.9 Å². The molecule has 0 radical (unpaired) electrons. The van der Waals surface area contributed by atoms with E-state index < -0.39 is 27.0 Å². The second-order valence-corrected chi connectivity index (χ2v) is 11.5. The molecule has 1 saturated carbocycles. The fourth-order valence-corrected chi connectivity index (χ4v) is 5.64. The van der Waals surface area contributed by atoms with Gasteiger partial charge in [-0.05, 0) is 38.8 Å². The monoisotopic (exact) mass is 554 g/mol. The first kappa shape index (κ1) is 27.0. The molecule has 1 aliphatic carbocycles. The summed E-state index contributed by atoms with van der Waals surface area (Å²) >= 11 is 5.87. The number of hydrogen-bond donors (Lipinski definition) is 1. The lowest BCUT2D eigenvalue weighted by atomic mass is 9.73. The first-order valence-electron chi connectivity index (χ1n) is 11.4. The third kappa shape index (κ3) is 5.34. The van der Waals surface area contributed by atoms with Gasteiger partial charge in [0.25, 0.3) is 0 Å². The predicted molar refractivity (Wildman–Crippen MR) is 135 cm³/mol. The number of hydrogen-bond acceptors (Lipinski definition) is 9. The molecule has 4 rings (SSSR count). The third-order valence-corrected chi connectivity index (χ3v) is 8.21. The fraction of sp³-hybridized carbons (Fsp3) is 0.478. The molecule has 37 heavy (non-hydrogen) atoms. The summed E-state index contributed by atoms with van der Waals surface area (Å²) in [4.78, 5) is 8.20. The molecule has 14 heteroatoms. The molecule has 1 aliphatic rings. The third-order valence-electron chi connectivity index (χ3n) is 6.32. The van der Waals surface area contributed by atoms with E-state index in [9.17, 15) is 12.8 Å². The van der Waals surface area contributed by atoms with E-state index in [-0.39, 0.29) is 30.5 Å². The number of ether oxygens (including phenoxy) is 3. The van der Waals surface area contributed by atoms with Crippen LogP contribution in [0.4, 0.5) is 10.3 Å². The van der Waals surface area contributed by atoms with Crippen LogP contribution in [-0.4, -0.2) is 65.4 Å². The molecule has 1 aromatic carbocycles. The number of aromatic nitrogens is 5. The quantitative estimate of drug-likeness (QED) is 0.397. The van der Waals surface area contributed by atoms with Crippen LogP contribution in [0.1, 0.15) is 50.4 Å². The topological polar surface area (TPSA) is 130 Å². The molecular weight excluding hydrogens is 527 g/mol. The van der Waals surface area contributed by atoms with Crippen LogP contribution in [-0.2, 0) is 14.8 Å². The second-order valence-electron chi connectivity index (χ2n) is 9.01. The summed E-state index contributed by atoms with van der Waals surface area (Å²) in [6.07, 6.45) is 2.13. The van der Waals surface area contributed by atoms with Gasteiger partial charge in [-0.25, -0.2) is 22.8 Å². The molecule has 0 saturated heterocycles. The predicted octanol–water partition coefficient (Wildman–Crippen LogP) is 3.85. The van der Waals surface area contributed by atoms with Crippen molar-refractivity contribution in [3.05, 3.63) is 47.3 Å². The van der Waals surface area contributed by atoms with Crippen LogP contribution < -0.4 is 14.2 Å². The summed E-state index contributed by atoms with van der Waals surface area (Å²) in [6, 6.07) is 5.12. The highest BCUT2D eigenvalue weighted by molar-refractivity contribution is 7.93. The number of methoxy groups -OCH3 is 3. The maximum absolute atomic E-state index is 14.4. The summed E-state index contributed by atoms with van der Waals surface area (Å²) in [7, 11) is 0.172. The van der Waals surface area contributed by atoms with Crippen molar-refractivity contribution >= 4 is 27.6 Å². The Kier molecular flexibility index (Phi) is 7.58. The van der Waals surface area contributed by atoms with Crippen LogP contribution in [0.3, 0.4) is 0 Å². The van der Waals surface area contributed by atoms with E-state index in [1.54, 1.807) is 18.2 Å². The number of benzene rings is 1. The summed E-state index contributed by atoms with van der Waals surface area (Å²) in [5, 5.41) is 7.53. The average Bonchev–Trinajstić information content (AvgIpc) is 3.25. The van der Waals surface area contributed by atoms with Gasteiger partial charge >= 0.3 is 0 Å². The Morgan fingerprint density at radius 1 is 1.14 bits per heavy atom. The van der Waals surface area contributed by atoms with Gasteiger partial charge in [0.05, 0.1) is 19.2 Å². The Morgan fingerprint density at radius 2 is 1.73 bits per heavy atom. The molecule has 0 aliphatic heterocycles. The highest BCUT2D eigenvalue weighted by Crippen LogP contribution is 2.48. The van der Waals surface area contributed by atoms with Crippen LogP contribution in [0.15, 0.2) is 30.6 Å². The molecule has 1 N–H and O–H groups in total. The Balaban J connectivity index is 1.77. The Bertz CT molecular complexity index is 1340. The molecule has 1 fully saturated rings. The van der Waals surface area contributed by atoms with Crippen molar-refractivity contribution < 1.29 is 27.0 Å². The number of alkyl halides is 1. The van der Waals surface area contributed by atoms with Gasteiger partial charge in [0.15, 0.2) is 5.82 Å². The lowest BCUT2D eigenvalue weighted by molar-refractivity contribution is 0.0575. The zero-order chi connectivity index (χ0) is 27.0. The van der Waals surface area contributed by atoms with Crippen molar-refractivity contribution in [1.29, 1.82) is 0 Å². The summed E-state index contributed by atoms with van der Waals surface area (Å²) in [6.45, 7) is 2.98. The van der Waals surface area contributed by atoms with E-state index >= 15 is 0 Å². The Morgan fingerprint density at radius 3 is 2.24 bits per heavy atom. The number of anilines is 1. The van der Waals surface area contributed by atoms with Crippen LogP contribution >= 0.6 is 11.6 Å². The van der Waals surface area contributed by atoms with Gasteiger partial charge < -0.3 is 14.2 Å². The molecule has 3 aromatic rings. The average molecular weight is 555 g/mol. The minimum absolute atomic E-state index is 0.107. The normalized spacial score (nSPS) is 21.1. The smallest absolute Gasteiger partial charge is 0.243 e. The van der Waals surface area contributed by atoms with Gasteiger partial charge in [-0.2, -0.15) is 0 Å². The second kappa shape index (κ2) is 10.4. The van der Waals surface area contributed by atoms with Crippen molar-refractivity contribution in [3.63, 3.8) is 0 Å². The Hall–Kier alpha value is -3.03. The molecule has 0 amide bonds. The standard InChI is InChI=1S/C23H28ClFN6O5S/c1-13(19(36-5)20-26-11-15(24)12-27-20)37(32,33)30-22-29-28-21(14-9-23(2,25)10-14)31(22)18-16(34-3)7-6-8-17(18)35-4/h6-8,11-14,19H,9-10H2,1-5H3,(H,29,30)/t13-,14-,19-,23+/m0/s1. The minimum Gasteiger partial charge on any atom is -0.494 e. The van der Waals surface area contributed by atoms with E-state index in [1.165, 1.54) is 52.1 Å². The summed E-state index contributed by atoms with van der Waals surface area (Å²) in [5.74, 6) is 0.912. The number of halogens is 2. The van der Waals surface area contributed by atoms with E-state index in [0.717, 1.165) is 0 Å². The molecule has 0 unspecified atom stereocenters. The van der Waals surface area contributed by atoms with Gasteiger partial charge in [0.1, 0.15) is 40.0 Å². The first-order valence-corrected chi connectivity index (χ1v) is 13.3. The van der Waals surface area contributed by atoms with E-state index in [0.29, 0.717) is 28.0 Å². The summed E-state index contributed by atoms with van der Waals surface area (Å²) in [5.41, 5.74) is -0.959. The maximum atomic E-state index is 14.4. The highest BCUT2D eigenvalue weighted by Gasteiger charge is 2.45. The number of nitrogens with zero attached hydrogens (tertiary/aromatic N) is 5. The largest absolute Gasteiger partial charge is 0.494 e. The zero-order valence-corrected chi connectivity index (χ0v) is 22.5. The molecule has 2 heterocycles. The number of rotatable bonds is 10. The molecule has 2 aromatic heterocycles. The summed E-state index contributed by atoms with van der Waals surface area (Å²) < 4.78 is 62.0. The van der Waals surface area contributed by atoms with Crippen LogP contribution in [0, 0.1) is 0 Å². The van der Waals surface area contributed by atoms with Crippen molar-refractivity contribution in [2.45, 2.75) is 49.6 Å². The fourth-order valence-electron chi connectivity index (χ4n) is 4.41. The number of sulfonamides is 1. The molecule has 11 nitrogen and oxygen atoms in total. The van der Waals surface area contributed by atoms with Gasteiger partial charge in [0, 0.05) is 25.4 Å². The minimum atomic E-state index is -4.14. The van der Waals surface area contributed by atoms with Crippen molar-refractivity contribution in [2.75, 3.05) is 26.1 Å². The van der Waals surface area contributed by atoms with Crippen molar-refractivity contribution in [2.24, 2.45) is 0 Å². The molecular formula is C23H28ClFN6O5S. The van der Waals surface area contributed by atoms with Gasteiger partial charge in [-0.15, -0.1) is 10.2 Å². The van der Waals surface area contributed by atoms with Crippen LogP contribution in [0.25, 0.3) is 5.69 Å². The first-order chi connectivity index (χ1) is 17.5. The van der Waals surface area contributed by atoms with Crippen molar-refractivity contribution in [3.8, 4) is 17.2 Å². The van der Waals surface area contributed by atoms with E-state index in [4.69, 9.17) is 25.8 Å².